The standard InChI is InChI=1S/C10H9F3INO4/c1-3-18-9(16)6-7(14)5(19-10(11,12)13)4-15-8(6)17-2/h4H,3H2,1-2H3. The van der Waals surface area contributed by atoms with Gasteiger partial charge in [-0.3, -0.25) is 0 Å². The fourth-order valence-electron chi connectivity index (χ4n) is 1.19. The number of hydrogen-bond acceptors (Lipinski definition) is 5. The van der Waals surface area contributed by atoms with Crippen LogP contribution in [-0.2, 0) is 4.74 Å². The first-order chi connectivity index (χ1) is 8.80. The van der Waals surface area contributed by atoms with E-state index in [1.165, 1.54) is 29.7 Å². The van der Waals surface area contributed by atoms with E-state index in [0.29, 0.717) is 0 Å². The molecule has 0 spiro atoms. The van der Waals surface area contributed by atoms with Gasteiger partial charge < -0.3 is 14.2 Å². The molecule has 0 saturated heterocycles. The Morgan fingerprint density at radius 1 is 1.47 bits per heavy atom. The smallest absolute Gasteiger partial charge is 0.480 e. The highest BCUT2D eigenvalue weighted by Gasteiger charge is 2.34. The second-order valence-electron chi connectivity index (χ2n) is 3.09. The van der Waals surface area contributed by atoms with Crippen LogP contribution >= 0.6 is 22.6 Å². The second kappa shape index (κ2) is 6.26. The van der Waals surface area contributed by atoms with Gasteiger partial charge in [-0.2, -0.15) is 0 Å². The van der Waals surface area contributed by atoms with Gasteiger partial charge in [0.15, 0.2) is 5.75 Å². The Hall–Kier alpha value is -1.26. The van der Waals surface area contributed by atoms with Gasteiger partial charge in [0.1, 0.15) is 5.56 Å². The van der Waals surface area contributed by atoms with Crippen molar-refractivity contribution in [1.82, 2.24) is 4.98 Å². The van der Waals surface area contributed by atoms with Crippen LogP contribution in [0.1, 0.15) is 17.3 Å². The van der Waals surface area contributed by atoms with Crippen molar-refractivity contribution in [3.05, 3.63) is 15.3 Å². The Bertz CT molecular complexity index is 479. The van der Waals surface area contributed by atoms with Crippen LogP contribution in [0.5, 0.6) is 11.6 Å². The summed E-state index contributed by atoms with van der Waals surface area (Å²) in [5, 5.41) is 0. The molecule has 1 rings (SSSR count). The molecule has 5 nitrogen and oxygen atoms in total. The number of aromatic nitrogens is 1. The molecule has 0 saturated carbocycles. The van der Waals surface area contributed by atoms with Gasteiger partial charge in [0.25, 0.3) is 0 Å². The lowest BCUT2D eigenvalue weighted by Gasteiger charge is -2.14. The summed E-state index contributed by atoms with van der Waals surface area (Å²) in [4.78, 5) is 15.3. The van der Waals surface area contributed by atoms with Crippen molar-refractivity contribution >= 4 is 28.6 Å². The predicted molar refractivity (Wildman–Crippen MR) is 66.1 cm³/mol. The Kier molecular flexibility index (Phi) is 5.20. The van der Waals surface area contributed by atoms with Crippen LogP contribution in [0.15, 0.2) is 6.20 Å². The van der Waals surface area contributed by atoms with Crippen LogP contribution in [0.4, 0.5) is 13.2 Å². The second-order valence-corrected chi connectivity index (χ2v) is 4.17. The summed E-state index contributed by atoms with van der Waals surface area (Å²) >= 11 is 1.54. The molecule has 0 aromatic carbocycles. The van der Waals surface area contributed by atoms with Gasteiger partial charge in [0.05, 0.1) is 23.5 Å². The van der Waals surface area contributed by atoms with Crippen LogP contribution < -0.4 is 9.47 Å². The van der Waals surface area contributed by atoms with E-state index >= 15 is 0 Å². The van der Waals surface area contributed by atoms with Gasteiger partial charge in [-0.05, 0) is 29.5 Å². The number of rotatable bonds is 4. The highest BCUT2D eigenvalue weighted by Crippen LogP contribution is 2.33. The number of halogens is 4. The minimum atomic E-state index is -4.87. The molecule has 0 aliphatic carbocycles. The summed E-state index contributed by atoms with van der Waals surface area (Å²) in [6, 6.07) is 0. The summed E-state index contributed by atoms with van der Waals surface area (Å²) < 4.78 is 49.8. The molecule has 0 fully saturated rings. The summed E-state index contributed by atoms with van der Waals surface area (Å²) in [6.45, 7) is 1.64. The van der Waals surface area contributed by atoms with Gasteiger partial charge in [-0.25, -0.2) is 9.78 Å². The number of pyridine rings is 1. The number of carbonyl (C=O) groups is 1. The minimum absolute atomic E-state index is 0.0718. The van der Waals surface area contributed by atoms with Crippen LogP contribution in [0, 0.1) is 3.57 Å². The number of esters is 1. The lowest BCUT2D eigenvalue weighted by atomic mass is 10.2. The number of carbonyl (C=O) groups excluding carboxylic acids is 1. The molecule has 0 amide bonds. The molecule has 1 aromatic rings. The average Bonchev–Trinajstić information content (AvgIpc) is 2.30. The number of ether oxygens (including phenoxy) is 3. The van der Waals surface area contributed by atoms with Crippen molar-refractivity contribution in [1.29, 1.82) is 0 Å². The van der Waals surface area contributed by atoms with Gasteiger partial charge in [0.2, 0.25) is 5.88 Å². The van der Waals surface area contributed by atoms with Gasteiger partial charge in [-0.15, -0.1) is 13.2 Å². The number of alkyl halides is 3. The molecule has 1 aromatic heterocycles. The van der Waals surface area contributed by atoms with E-state index in [2.05, 4.69) is 9.72 Å². The Morgan fingerprint density at radius 3 is 2.58 bits per heavy atom. The van der Waals surface area contributed by atoms with E-state index in [1.807, 2.05) is 0 Å². The van der Waals surface area contributed by atoms with Crippen molar-refractivity contribution in [3.8, 4) is 11.6 Å². The first kappa shape index (κ1) is 15.8. The summed E-state index contributed by atoms with van der Waals surface area (Å²) in [7, 11) is 1.24. The van der Waals surface area contributed by atoms with Crippen molar-refractivity contribution in [2.45, 2.75) is 13.3 Å². The molecule has 0 aliphatic heterocycles. The summed E-state index contributed by atoms with van der Waals surface area (Å²) in [5.74, 6) is -1.54. The van der Waals surface area contributed by atoms with Crippen molar-refractivity contribution < 1.29 is 32.2 Å². The Balaban J connectivity index is 3.25. The highest BCUT2D eigenvalue weighted by molar-refractivity contribution is 14.1. The number of nitrogens with zero attached hydrogens (tertiary/aromatic N) is 1. The van der Waals surface area contributed by atoms with Crippen LogP contribution in [0.3, 0.4) is 0 Å². The SMILES string of the molecule is CCOC(=O)c1c(OC)ncc(OC(F)(F)F)c1I. The monoisotopic (exact) mass is 391 g/mol. The minimum Gasteiger partial charge on any atom is -0.480 e. The third-order valence-electron chi connectivity index (χ3n) is 1.85. The van der Waals surface area contributed by atoms with Crippen LogP contribution in [-0.4, -0.2) is 31.0 Å². The molecule has 0 N–H and O–H groups in total. The molecule has 0 radical (unpaired) electrons. The van der Waals surface area contributed by atoms with E-state index in [-0.39, 0.29) is 21.6 Å². The van der Waals surface area contributed by atoms with E-state index < -0.39 is 18.1 Å². The van der Waals surface area contributed by atoms with E-state index in [4.69, 9.17) is 9.47 Å². The number of hydrogen-bond donors (Lipinski definition) is 0. The lowest BCUT2D eigenvalue weighted by Crippen LogP contribution is -2.19. The zero-order valence-corrected chi connectivity index (χ0v) is 12.0. The molecule has 9 heteroatoms. The third kappa shape index (κ3) is 4.11. The normalized spacial score (nSPS) is 11.1. The lowest BCUT2D eigenvalue weighted by molar-refractivity contribution is -0.275. The summed E-state index contributed by atoms with van der Waals surface area (Å²) in [5.41, 5.74) is -0.202. The quantitative estimate of drug-likeness (QED) is 0.584. The van der Waals surface area contributed by atoms with Gasteiger partial charge in [0, 0.05) is 0 Å². The first-order valence-corrected chi connectivity index (χ1v) is 6.03. The maximum absolute atomic E-state index is 12.2. The maximum Gasteiger partial charge on any atom is 0.573 e. The molecule has 0 unspecified atom stereocenters. The topological polar surface area (TPSA) is 57.7 Å². The average molecular weight is 391 g/mol. The molecular formula is C10H9F3INO4. The molecule has 106 valence electrons. The molecule has 19 heavy (non-hydrogen) atoms. The Labute approximate surface area is 120 Å². The largest absolute Gasteiger partial charge is 0.573 e. The van der Waals surface area contributed by atoms with E-state index in [0.717, 1.165) is 6.20 Å². The maximum atomic E-state index is 12.2. The Morgan fingerprint density at radius 2 is 2.11 bits per heavy atom. The zero-order valence-electron chi connectivity index (χ0n) is 9.88. The molecule has 0 bridgehead atoms. The first-order valence-electron chi connectivity index (χ1n) is 4.95. The zero-order chi connectivity index (χ0) is 14.6. The third-order valence-corrected chi connectivity index (χ3v) is 2.92. The predicted octanol–water partition coefficient (Wildman–Crippen LogP) is 2.77. The molecule has 0 aliphatic rings. The van der Waals surface area contributed by atoms with Gasteiger partial charge >= 0.3 is 12.3 Å². The van der Waals surface area contributed by atoms with Crippen molar-refractivity contribution in [2.75, 3.05) is 13.7 Å². The molecule has 1 heterocycles. The van der Waals surface area contributed by atoms with Crippen LogP contribution in [0.2, 0.25) is 0 Å². The number of methoxy groups -OCH3 is 1. The van der Waals surface area contributed by atoms with Crippen molar-refractivity contribution in [3.63, 3.8) is 0 Å². The van der Waals surface area contributed by atoms with E-state index in [9.17, 15) is 18.0 Å². The fraction of sp³-hybridized carbons (Fsp3) is 0.400. The van der Waals surface area contributed by atoms with Crippen molar-refractivity contribution in [2.24, 2.45) is 0 Å². The van der Waals surface area contributed by atoms with E-state index in [1.54, 1.807) is 6.92 Å². The highest BCUT2D eigenvalue weighted by atomic mass is 127. The van der Waals surface area contributed by atoms with Crippen LogP contribution in [0.25, 0.3) is 0 Å². The molecular weight excluding hydrogens is 382 g/mol. The molecule has 0 atom stereocenters. The summed E-state index contributed by atoms with van der Waals surface area (Å²) in [6.07, 6.45) is -4.04. The van der Waals surface area contributed by atoms with Gasteiger partial charge in [-0.1, -0.05) is 0 Å². The fourth-order valence-corrected chi connectivity index (χ4v) is 1.89.